The molecule has 0 spiro atoms. The van der Waals surface area contributed by atoms with E-state index in [1.807, 2.05) is 12.1 Å². The van der Waals surface area contributed by atoms with Gasteiger partial charge in [0.2, 0.25) is 0 Å². The van der Waals surface area contributed by atoms with Crippen LogP contribution in [-0.2, 0) is 6.54 Å². The number of benzene rings is 1. The minimum Gasteiger partial charge on any atom is -0.297 e. The molecule has 0 bridgehead atoms. The van der Waals surface area contributed by atoms with E-state index in [9.17, 15) is 4.79 Å². The van der Waals surface area contributed by atoms with E-state index in [0.29, 0.717) is 11.6 Å². The second-order valence-corrected chi connectivity index (χ2v) is 5.45. The molecule has 5 heteroatoms. The molecule has 4 nitrogen and oxygen atoms in total. The van der Waals surface area contributed by atoms with Crippen LogP contribution < -0.4 is 11.3 Å². The monoisotopic (exact) mass is 327 g/mol. The van der Waals surface area contributed by atoms with Crippen LogP contribution in [0.15, 0.2) is 22.7 Å². The van der Waals surface area contributed by atoms with Gasteiger partial charge < -0.3 is 0 Å². The van der Waals surface area contributed by atoms with Crippen molar-refractivity contribution in [2.75, 3.05) is 6.54 Å². The van der Waals surface area contributed by atoms with Gasteiger partial charge in [-0.25, -0.2) is 5.84 Å². The second kappa shape index (κ2) is 7.62. The Bertz CT molecular complexity index is 437. The topological polar surface area (TPSA) is 58.4 Å². The van der Waals surface area contributed by atoms with E-state index in [-0.39, 0.29) is 5.91 Å². The lowest BCUT2D eigenvalue weighted by Gasteiger charge is -2.27. The van der Waals surface area contributed by atoms with Crippen LogP contribution in [0.4, 0.5) is 0 Å². The Kier molecular flexibility index (Phi) is 6.48. The highest BCUT2D eigenvalue weighted by Gasteiger charge is 2.13. The van der Waals surface area contributed by atoms with E-state index < -0.39 is 0 Å². The minimum atomic E-state index is -0.276. The van der Waals surface area contributed by atoms with Crippen molar-refractivity contribution in [1.82, 2.24) is 10.3 Å². The van der Waals surface area contributed by atoms with Crippen LogP contribution in [0.1, 0.15) is 43.1 Å². The highest BCUT2D eigenvalue weighted by atomic mass is 79.9. The van der Waals surface area contributed by atoms with Crippen molar-refractivity contribution in [2.24, 2.45) is 5.84 Å². The maximum Gasteiger partial charge on any atom is 0.265 e. The largest absolute Gasteiger partial charge is 0.297 e. The zero-order valence-electron chi connectivity index (χ0n) is 11.7. The number of hydrogen-bond acceptors (Lipinski definition) is 3. The van der Waals surface area contributed by atoms with Crippen LogP contribution in [0.2, 0.25) is 0 Å². The Morgan fingerprint density at radius 1 is 1.47 bits per heavy atom. The summed E-state index contributed by atoms with van der Waals surface area (Å²) in [5.74, 6) is 4.85. The summed E-state index contributed by atoms with van der Waals surface area (Å²) in [6.07, 6.45) is 1.12. The first-order valence-electron chi connectivity index (χ1n) is 6.56. The van der Waals surface area contributed by atoms with Gasteiger partial charge in [-0.05, 0) is 37.6 Å². The van der Waals surface area contributed by atoms with E-state index in [2.05, 4.69) is 47.0 Å². The number of nitrogen functional groups attached to an aromatic ring is 1. The van der Waals surface area contributed by atoms with E-state index in [0.717, 1.165) is 24.0 Å². The summed E-state index contributed by atoms with van der Waals surface area (Å²) in [4.78, 5) is 13.8. The molecule has 0 radical (unpaired) electrons. The van der Waals surface area contributed by atoms with Gasteiger partial charge in [0.05, 0.1) is 0 Å². The zero-order chi connectivity index (χ0) is 14.4. The lowest BCUT2D eigenvalue weighted by Crippen LogP contribution is -2.32. The van der Waals surface area contributed by atoms with Crippen LogP contribution in [0.3, 0.4) is 0 Å². The molecule has 3 N–H and O–H groups in total. The number of nitrogens with one attached hydrogen (secondary N) is 1. The third-order valence-corrected chi connectivity index (χ3v) is 4.18. The van der Waals surface area contributed by atoms with Crippen molar-refractivity contribution < 1.29 is 4.79 Å². The predicted molar refractivity (Wildman–Crippen MR) is 81.6 cm³/mol. The Labute approximate surface area is 123 Å². The molecular formula is C14H22BrN3O. The number of carbonyl (C=O) groups is 1. The first kappa shape index (κ1) is 16.1. The Hall–Kier alpha value is -0.910. The number of hydrogen-bond donors (Lipinski definition) is 2. The number of halogens is 1. The minimum absolute atomic E-state index is 0.276. The molecule has 1 unspecified atom stereocenters. The Morgan fingerprint density at radius 2 is 2.16 bits per heavy atom. The number of nitrogens with two attached hydrogens (primary N) is 1. The van der Waals surface area contributed by atoms with Gasteiger partial charge in [-0.1, -0.05) is 35.8 Å². The van der Waals surface area contributed by atoms with Gasteiger partial charge in [0, 0.05) is 22.6 Å². The van der Waals surface area contributed by atoms with E-state index in [1.165, 1.54) is 5.56 Å². The maximum absolute atomic E-state index is 11.4. The Balaban J connectivity index is 2.87. The van der Waals surface area contributed by atoms with Gasteiger partial charge in [0.15, 0.2) is 0 Å². The smallest absolute Gasteiger partial charge is 0.265 e. The van der Waals surface area contributed by atoms with Gasteiger partial charge in [0.25, 0.3) is 5.91 Å². The summed E-state index contributed by atoms with van der Waals surface area (Å²) in [5, 5.41) is 0. The normalized spacial score (nSPS) is 12.5. The van der Waals surface area contributed by atoms with Gasteiger partial charge in [0.1, 0.15) is 0 Å². The van der Waals surface area contributed by atoms with Crippen molar-refractivity contribution >= 4 is 21.8 Å². The standard InChI is InChI=1S/C14H22BrN3O/c1-4-10(3)18(5-2)9-12-7-6-11(8-13(12)15)14(19)17-16/h6-8,10H,4-5,9,16H2,1-3H3,(H,17,19). The average molecular weight is 328 g/mol. The number of nitrogens with zero attached hydrogens (tertiary/aromatic N) is 1. The fourth-order valence-electron chi connectivity index (χ4n) is 1.96. The third-order valence-electron chi connectivity index (χ3n) is 3.44. The summed E-state index contributed by atoms with van der Waals surface area (Å²) in [6.45, 7) is 8.46. The van der Waals surface area contributed by atoms with E-state index in [1.54, 1.807) is 6.07 Å². The molecule has 1 atom stereocenters. The molecule has 0 aromatic heterocycles. The number of carbonyl (C=O) groups excluding carboxylic acids is 1. The van der Waals surface area contributed by atoms with Crippen LogP contribution >= 0.6 is 15.9 Å². The van der Waals surface area contributed by atoms with Crippen LogP contribution in [-0.4, -0.2) is 23.4 Å². The Morgan fingerprint density at radius 3 is 2.63 bits per heavy atom. The number of hydrazine groups is 1. The lowest BCUT2D eigenvalue weighted by molar-refractivity contribution is 0.0953. The first-order chi connectivity index (χ1) is 9.03. The molecule has 19 heavy (non-hydrogen) atoms. The molecule has 0 aliphatic heterocycles. The summed E-state index contributed by atoms with van der Waals surface area (Å²) >= 11 is 3.53. The molecule has 0 aliphatic rings. The molecule has 1 aromatic carbocycles. The average Bonchev–Trinajstić information content (AvgIpc) is 2.44. The predicted octanol–water partition coefficient (Wildman–Crippen LogP) is 2.67. The van der Waals surface area contributed by atoms with Crippen molar-refractivity contribution in [1.29, 1.82) is 0 Å². The molecule has 0 heterocycles. The summed E-state index contributed by atoms with van der Waals surface area (Å²) in [5.41, 5.74) is 3.87. The molecule has 0 aliphatic carbocycles. The summed E-state index contributed by atoms with van der Waals surface area (Å²) in [6, 6.07) is 6.12. The molecular weight excluding hydrogens is 306 g/mol. The zero-order valence-corrected chi connectivity index (χ0v) is 13.3. The summed E-state index contributed by atoms with van der Waals surface area (Å²) < 4.78 is 0.940. The molecule has 106 valence electrons. The van der Waals surface area contributed by atoms with Gasteiger partial charge in [-0.2, -0.15) is 0 Å². The third kappa shape index (κ3) is 4.30. The van der Waals surface area contributed by atoms with Crippen molar-refractivity contribution in [3.8, 4) is 0 Å². The van der Waals surface area contributed by atoms with E-state index in [4.69, 9.17) is 5.84 Å². The van der Waals surface area contributed by atoms with Crippen LogP contribution in [0.5, 0.6) is 0 Å². The fourth-order valence-corrected chi connectivity index (χ4v) is 2.46. The molecule has 0 saturated carbocycles. The molecule has 1 aromatic rings. The van der Waals surface area contributed by atoms with Crippen LogP contribution in [0, 0.1) is 0 Å². The molecule has 0 saturated heterocycles. The van der Waals surface area contributed by atoms with Gasteiger partial charge in [-0.15, -0.1) is 0 Å². The highest BCUT2D eigenvalue weighted by Crippen LogP contribution is 2.21. The quantitative estimate of drug-likeness (QED) is 0.479. The highest BCUT2D eigenvalue weighted by molar-refractivity contribution is 9.10. The lowest BCUT2D eigenvalue weighted by atomic mass is 10.1. The molecule has 0 fully saturated rings. The fraction of sp³-hybridized carbons (Fsp3) is 0.500. The SMILES string of the molecule is CCC(C)N(CC)Cc1ccc(C(=O)NN)cc1Br. The van der Waals surface area contributed by atoms with Crippen molar-refractivity contribution in [2.45, 2.75) is 39.8 Å². The summed E-state index contributed by atoms with van der Waals surface area (Å²) in [7, 11) is 0. The van der Waals surface area contributed by atoms with Gasteiger partial charge in [-0.3, -0.25) is 15.1 Å². The molecule has 1 rings (SSSR count). The first-order valence-corrected chi connectivity index (χ1v) is 7.36. The van der Waals surface area contributed by atoms with Crippen molar-refractivity contribution in [3.05, 3.63) is 33.8 Å². The second-order valence-electron chi connectivity index (χ2n) is 4.60. The maximum atomic E-state index is 11.4. The van der Waals surface area contributed by atoms with E-state index >= 15 is 0 Å². The number of amides is 1. The van der Waals surface area contributed by atoms with Gasteiger partial charge >= 0.3 is 0 Å². The van der Waals surface area contributed by atoms with Crippen molar-refractivity contribution in [3.63, 3.8) is 0 Å². The van der Waals surface area contributed by atoms with Crippen LogP contribution in [0.25, 0.3) is 0 Å². The number of rotatable bonds is 6. The molecule has 1 amide bonds.